The summed E-state index contributed by atoms with van der Waals surface area (Å²) in [6.07, 6.45) is 1.87. The summed E-state index contributed by atoms with van der Waals surface area (Å²) in [7, 11) is 3.85. The predicted molar refractivity (Wildman–Crippen MR) is 62.1 cm³/mol. The highest BCUT2D eigenvalue weighted by Crippen LogP contribution is 2.16. The third-order valence-electron chi connectivity index (χ3n) is 2.29. The van der Waals surface area contributed by atoms with Gasteiger partial charge in [0, 0.05) is 26.3 Å². The first-order valence-electron chi connectivity index (χ1n) is 5.11. The van der Waals surface area contributed by atoms with E-state index >= 15 is 0 Å². The molecule has 1 aromatic rings. The molecule has 0 aliphatic rings. The molecule has 0 atom stereocenters. The van der Waals surface area contributed by atoms with E-state index < -0.39 is 0 Å². The first kappa shape index (κ1) is 11.9. The van der Waals surface area contributed by atoms with Crippen LogP contribution in [0.15, 0.2) is 12.3 Å². The highest BCUT2D eigenvalue weighted by molar-refractivity contribution is 5.46. The fraction of sp³-hybridized carbons (Fsp3) is 0.545. The molecule has 0 aromatic carbocycles. The van der Waals surface area contributed by atoms with Crippen LogP contribution in [0.5, 0.6) is 0 Å². The van der Waals surface area contributed by atoms with E-state index in [-0.39, 0.29) is 6.61 Å². The Kier molecular flexibility index (Phi) is 4.52. The van der Waals surface area contributed by atoms with Crippen LogP contribution in [0.4, 0.5) is 5.82 Å². The minimum atomic E-state index is 0.149. The molecule has 0 saturated carbocycles. The Balaban J connectivity index is 2.82. The summed E-state index contributed by atoms with van der Waals surface area (Å²) in [5, 5.41) is 11.9. The Bertz CT molecular complexity index is 315. The summed E-state index contributed by atoms with van der Waals surface area (Å²) in [5.74, 6) is 0.934. The van der Waals surface area contributed by atoms with E-state index in [1.165, 1.54) is 5.56 Å². The molecule has 4 heteroatoms. The molecule has 1 aromatic heterocycles. The Morgan fingerprint density at radius 2 is 2.27 bits per heavy atom. The van der Waals surface area contributed by atoms with Gasteiger partial charge in [-0.2, -0.15) is 0 Å². The van der Waals surface area contributed by atoms with Gasteiger partial charge in [-0.1, -0.05) is 0 Å². The zero-order chi connectivity index (χ0) is 11.3. The smallest absolute Gasteiger partial charge is 0.131 e. The van der Waals surface area contributed by atoms with Crippen LogP contribution in [0, 0.1) is 6.92 Å². The number of hydrogen-bond donors (Lipinski definition) is 2. The van der Waals surface area contributed by atoms with Gasteiger partial charge in [-0.05, 0) is 31.2 Å². The number of rotatable bonds is 5. The fourth-order valence-electron chi connectivity index (χ4n) is 1.58. The molecule has 2 N–H and O–H groups in total. The zero-order valence-corrected chi connectivity index (χ0v) is 9.62. The molecular weight excluding hydrogens is 190 g/mol. The van der Waals surface area contributed by atoms with Crippen molar-refractivity contribution < 1.29 is 5.11 Å². The van der Waals surface area contributed by atoms with Gasteiger partial charge in [0.25, 0.3) is 0 Å². The van der Waals surface area contributed by atoms with Crippen molar-refractivity contribution in [2.24, 2.45) is 0 Å². The van der Waals surface area contributed by atoms with Gasteiger partial charge in [0.15, 0.2) is 0 Å². The molecule has 0 unspecified atom stereocenters. The number of nitrogens with one attached hydrogen (secondary N) is 1. The van der Waals surface area contributed by atoms with Crippen LogP contribution in [-0.4, -0.2) is 37.3 Å². The third kappa shape index (κ3) is 3.18. The number of aliphatic hydroxyl groups excluding tert-OH is 1. The molecule has 0 radical (unpaired) electrons. The predicted octanol–water partition coefficient (Wildman–Crippen LogP) is 0.538. The van der Waals surface area contributed by atoms with Crippen molar-refractivity contribution in [3.05, 3.63) is 23.4 Å². The number of aromatic nitrogens is 1. The van der Waals surface area contributed by atoms with Crippen LogP contribution in [-0.2, 0) is 6.54 Å². The van der Waals surface area contributed by atoms with Crippen molar-refractivity contribution in [3.63, 3.8) is 0 Å². The standard InChI is InChI=1S/C11H19N3O/c1-9-6-10(7-12-2)8-13-11(9)14(3)4-5-15/h6,8,12,15H,4-5,7H2,1-3H3. The van der Waals surface area contributed by atoms with Crippen molar-refractivity contribution in [3.8, 4) is 0 Å². The molecule has 15 heavy (non-hydrogen) atoms. The van der Waals surface area contributed by atoms with Gasteiger partial charge in [-0.25, -0.2) is 4.98 Å². The van der Waals surface area contributed by atoms with E-state index in [9.17, 15) is 0 Å². The molecule has 0 fully saturated rings. The fourth-order valence-corrected chi connectivity index (χ4v) is 1.58. The highest BCUT2D eigenvalue weighted by Gasteiger charge is 2.05. The number of hydrogen-bond acceptors (Lipinski definition) is 4. The maximum absolute atomic E-state index is 8.85. The second kappa shape index (κ2) is 5.68. The minimum Gasteiger partial charge on any atom is -0.395 e. The molecular formula is C11H19N3O. The average molecular weight is 209 g/mol. The quantitative estimate of drug-likeness (QED) is 0.743. The Morgan fingerprint density at radius 1 is 1.53 bits per heavy atom. The Morgan fingerprint density at radius 3 is 2.80 bits per heavy atom. The van der Waals surface area contributed by atoms with Crippen LogP contribution in [0.2, 0.25) is 0 Å². The number of aliphatic hydroxyl groups is 1. The van der Waals surface area contributed by atoms with Gasteiger partial charge >= 0.3 is 0 Å². The minimum absolute atomic E-state index is 0.149. The molecule has 0 aliphatic carbocycles. The van der Waals surface area contributed by atoms with E-state index in [0.29, 0.717) is 6.54 Å². The van der Waals surface area contributed by atoms with Crippen LogP contribution >= 0.6 is 0 Å². The van der Waals surface area contributed by atoms with Gasteiger partial charge in [0.1, 0.15) is 5.82 Å². The van der Waals surface area contributed by atoms with Crippen molar-refractivity contribution in [2.75, 3.05) is 32.1 Å². The van der Waals surface area contributed by atoms with E-state index in [0.717, 1.165) is 17.9 Å². The maximum atomic E-state index is 8.85. The lowest BCUT2D eigenvalue weighted by Crippen LogP contribution is -2.23. The molecule has 84 valence electrons. The first-order chi connectivity index (χ1) is 7.19. The second-order valence-electron chi connectivity index (χ2n) is 3.66. The summed E-state index contributed by atoms with van der Waals surface area (Å²) in [6.45, 7) is 3.63. The highest BCUT2D eigenvalue weighted by atomic mass is 16.3. The molecule has 0 saturated heterocycles. The first-order valence-corrected chi connectivity index (χ1v) is 5.11. The van der Waals surface area contributed by atoms with Crippen LogP contribution in [0.3, 0.4) is 0 Å². The van der Waals surface area contributed by atoms with Crippen molar-refractivity contribution >= 4 is 5.82 Å². The second-order valence-corrected chi connectivity index (χ2v) is 3.66. The molecule has 1 heterocycles. The summed E-state index contributed by atoms with van der Waals surface area (Å²) >= 11 is 0. The van der Waals surface area contributed by atoms with Gasteiger partial charge in [-0.15, -0.1) is 0 Å². The molecule has 0 spiro atoms. The van der Waals surface area contributed by atoms with Crippen LogP contribution in [0.25, 0.3) is 0 Å². The van der Waals surface area contributed by atoms with Crippen LogP contribution < -0.4 is 10.2 Å². The SMILES string of the molecule is CNCc1cnc(N(C)CCO)c(C)c1. The summed E-state index contributed by atoms with van der Waals surface area (Å²) in [5.41, 5.74) is 2.31. The van der Waals surface area contributed by atoms with E-state index in [1.807, 2.05) is 32.1 Å². The van der Waals surface area contributed by atoms with Crippen molar-refractivity contribution in [2.45, 2.75) is 13.5 Å². The molecule has 0 aliphatic heterocycles. The van der Waals surface area contributed by atoms with E-state index in [2.05, 4.69) is 16.4 Å². The van der Waals surface area contributed by atoms with Gasteiger partial charge in [0.05, 0.1) is 6.61 Å². The molecule has 0 bridgehead atoms. The average Bonchev–Trinajstić information content (AvgIpc) is 2.18. The largest absolute Gasteiger partial charge is 0.395 e. The number of likely N-dealkylation sites (N-methyl/N-ethyl adjacent to an activating group) is 1. The Hall–Kier alpha value is -1.13. The molecule has 0 amide bonds. The third-order valence-corrected chi connectivity index (χ3v) is 2.29. The lowest BCUT2D eigenvalue weighted by Gasteiger charge is -2.19. The lowest BCUT2D eigenvalue weighted by molar-refractivity contribution is 0.304. The number of aryl methyl sites for hydroxylation is 1. The summed E-state index contributed by atoms with van der Waals surface area (Å²) in [4.78, 5) is 6.35. The van der Waals surface area contributed by atoms with Crippen molar-refractivity contribution in [1.82, 2.24) is 10.3 Å². The van der Waals surface area contributed by atoms with E-state index in [4.69, 9.17) is 5.11 Å². The number of anilines is 1. The molecule has 4 nitrogen and oxygen atoms in total. The van der Waals surface area contributed by atoms with Crippen LogP contribution in [0.1, 0.15) is 11.1 Å². The number of pyridine rings is 1. The van der Waals surface area contributed by atoms with E-state index in [1.54, 1.807) is 0 Å². The van der Waals surface area contributed by atoms with Crippen molar-refractivity contribution in [1.29, 1.82) is 0 Å². The summed E-state index contributed by atoms with van der Waals surface area (Å²) < 4.78 is 0. The van der Waals surface area contributed by atoms with Gasteiger partial charge < -0.3 is 15.3 Å². The van der Waals surface area contributed by atoms with Gasteiger partial charge in [-0.3, -0.25) is 0 Å². The topological polar surface area (TPSA) is 48.4 Å². The zero-order valence-electron chi connectivity index (χ0n) is 9.62. The number of nitrogens with zero attached hydrogens (tertiary/aromatic N) is 2. The maximum Gasteiger partial charge on any atom is 0.131 e. The Labute approximate surface area is 90.9 Å². The molecule has 1 rings (SSSR count). The summed E-state index contributed by atoms with van der Waals surface area (Å²) in [6, 6.07) is 2.12. The van der Waals surface area contributed by atoms with Gasteiger partial charge in [0.2, 0.25) is 0 Å². The normalized spacial score (nSPS) is 10.4. The lowest BCUT2D eigenvalue weighted by atomic mass is 10.2. The monoisotopic (exact) mass is 209 g/mol.